The van der Waals surface area contributed by atoms with Gasteiger partial charge in [-0.15, -0.1) is 0 Å². The lowest BCUT2D eigenvalue weighted by Crippen LogP contribution is -2.23. The molecule has 0 bridgehead atoms. The first-order valence-electron chi connectivity index (χ1n) is 6.32. The highest BCUT2D eigenvalue weighted by atomic mass is 35.5. The molecule has 6 heteroatoms. The standard InChI is InChI=1S/C15H15ClN2O3/c1-10-15(13(19)7-8-18(10)2)21-9-14(20)17-12-6-4-3-5-11(12)16/h3-8H,9H2,1-2H3,(H,17,20). The number of carbonyl (C=O) groups excluding carboxylic acids is 1. The van der Waals surface area contributed by atoms with Gasteiger partial charge in [-0.25, -0.2) is 0 Å². The van der Waals surface area contributed by atoms with Gasteiger partial charge in [0.05, 0.1) is 16.4 Å². The summed E-state index contributed by atoms with van der Waals surface area (Å²) in [4.78, 5) is 23.6. The molecule has 0 fully saturated rings. The van der Waals surface area contributed by atoms with Crippen molar-refractivity contribution in [2.45, 2.75) is 6.92 Å². The number of amides is 1. The van der Waals surface area contributed by atoms with E-state index in [9.17, 15) is 9.59 Å². The third-order valence-electron chi connectivity index (χ3n) is 3.03. The van der Waals surface area contributed by atoms with Crippen molar-refractivity contribution in [3.05, 3.63) is 57.5 Å². The van der Waals surface area contributed by atoms with E-state index in [1.165, 1.54) is 6.07 Å². The Morgan fingerprint density at radius 2 is 2.05 bits per heavy atom. The summed E-state index contributed by atoms with van der Waals surface area (Å²) in [5.41, 5.74) is 0.912. The number of hydrogen-bond acceptors (Lipinski definition) is 3. The first-order chi connectivity index (χ1) is 9.99. The van der Waals surface area contributed by atoms with Crippen molar-refractivity contribution in [2.75, 3.05) is 11.9 Å². The maximum Gasteiger partial charge on any atom is 0.262 e. The smallest absolute Gasteiger partial charge is 0.262 e. The largest absolute Gasteiger partial charge is 0.478 e. The fourth-order valence-corrected chi connectivity index (χ4v) is 1.95. The Morgan fingerprint density at radius 1 is 1.33 bits per heavy atom. The fourth-order valence-electron chi connectivity index (χ4n) is 1.77. The molecule has 1 aromatic carbocycles. The molecule has 21 heavy (non-hydrogen) atoms. The highest BCUT2D eigenvalue weighted by Crippen LogP contribution is 2.20. The van der Waals surface area contributed by atoms with E-state index in [4.69, 9.17) is 16.3 Å². The molecule has 1 heterocycles. The SMILES string of the molecule is Cc1c(OCC(=O)Nc2ccccc2Cl)c(=O)ccn1C. The Hall–Kier alpha value is -2.27. The van der Waals surface area contributed by atoms with Gasteiger partial charge in [0.2, 0.25) is 5.43 Å². The Kier molecular flexibility index (Phi) is 4.65. The molecule has 1 N–H and O–H groups in total. The minimum absolute atomic E-state index is 0.175. The van der Waals surface area contributed by atoms with Gasteiger partial charge in [0.1, 0.15) is 0 Å². The van der Waals surface area contributed by atoms with E-state index in [-0.39, 0.29) is 23.7 Å². The first kappa shape index (κ1) is 15.1. The van der Waals surface area contributed by atoms with Crippen LogP contribution in [0.3, 0.4) is 0 Å². The fraction of sp³-hybridized carbons (Fsp3) is 0.200. The number of ether oxygens (including phenoxy) is 1. The third kappa shape index (κ3) is 3.64. The average Bonchev–Trinajstić information content (AvgIpc) is 2.45. The number of carbonyl (C=O) groups is 1. The second-order valence-corrected chi connectivity index (χ2v) is 4.93. The lowest BCUT2D eigenvalue weighted by atomic mass is 10.3. The predicted molar refractivity (Wildman–Crippen MR) is 82.0 cm³/mol. The molecule has 110 valence electrons. The van der Waals surface area contributed by atoms with Gasteiger partial charge in [-0.3, -0.25) is 9.59 Å². The van der Waals surface area contributed by atoms with Crippen LogP contribution in [0.5, 0.6) is 5.75 Å². The molecular formula is C15H15ClN2O3. The normalized spacial score (nSPS) is 10.2. The van der Waals surface area contributed by atoms with Gasteiger partial charge in [0, 0.05) is 19.3 Å². The first-order valence-corrected chi connectivity index (χ1v) is 6.70. The number of anilines is 1. The molecule has 1 aromatic heterocycles. The van der Waals surface area contributed by atoms with Crippen LogP contribution in [0.1, 0.15) is 5.69 Å². The zero-order valence-corrected chi connectivity index (χ0v) is 12.5. The molecule has 1 amide bonds. The molecule has 0 atom stereocenters. The maximum absolute atomic E-state index is 11.8. The third-order valence-corrected chi connectivity index (χ3v) is 3.36. The van der Waals surface area contributed by atoms with Crippen molar-refractivity contribution < 1.29 is 9.53 Å². The zero-order valence-electron chi connectivity index (χ0n) is 11.7. The number of nitrogens with zero attached hydrogens (tertiary/aromatic N) is 1. The van der Waals surface area contributed by atoms with Crippen LogP contribution in [0.15, 0.2) is 41.3 Å². The summed E-state index contributed by atoms with van der Waals surface area (Å²) in [7, 11) is 1.80. The maximum atomic E-state index is 11.8. The second kappa shape index (κ2) is 6.45. The Bertz CT molecular complexity index is 725. The van der Waals surface area contributed by atoms with Crippen LogP contribution < -0.4 is 15.5 Å². The summed E-state index contributed by atoms with van der Waals surface area (Å²) in [6.45, 7) is 1.49. The minimum Gasteiger partial charge on any atom is -0.478 e. The Balaban J connectivity index is 2.04. The van der Waals surface area contributed by atoms with Gasteiger partial charge in [0.25, 0.3) is 5.91 Å². The molecule has 0 saturated heterocycles. The summed E-state index contributed by atoms with van der Waals surface area (Å²) in [6, 6.07) is 8.29. The molecule has 0 unspecified atom stereocenters. The lowest BCUT2D eigenvalue weighted by Gasteiger charge is -2.11. The van der Waals surface area contributed by atoms with E-state index in [1.54, 1.807) is 49.0 Å². The van der Waals surface area contributed by atoms with Gasteiger partial charge in [-0.05, 0) is 19.1 Å². The van der Waals surface area contributed by atoms with Gasteiger partial charge < -0.3 is 14.6 Å². The number of pyridine rings is 1. The molecule has 0 aliphatic heterocycles. The molecule has 0 spiro atoms. The van der Waals surface area contributed by atoms with Gasteiger partial charge in [-0.1, -0.05) is 23.7 Å². The van der Waals surface area contributed by atoms with Crippen LogP contribution in [-0.4, -0.2) is 17.1 Å². The van der Waals surface area contributed by atoms with Crippen molar-refractivity contribution >= 4 is 23.2 Å². The van der Waals surface area contributed by atoms with Gasteiger partial charge >= 0.3 is 0 Å². The number of para-hydroxylation sites is 1. The number of aromatic nitrogens is 1. The van der Waals surface area contributed by atoms with Crippen molar-refractivity contribution in [3.8, 4) is 5.75 Å². The number of halogens is 1. The predicted octanol–water partition coefficient (Wildman–Crippen LogP) is 2.36. The van der Waals surface area contributed by atoms with Crippen molar-refractivity contribution in [1.82, 2.24) is 4.57 Å². The summed E-state index contributed by atoms with van der Waals surface area (Å²) < 4.78 is 7.09. The van der Waals surface area contributed by atoms with Crippen LogP contribution in [0.25, 0.3) is 0 Å². The van der Waals surface area contributed by atoms with E-state index in [2.05, 4.69) is 5.32 Å². The molecular weight excluding hydrogens is 292 g/mol. The molecule has 2 aromatic rings. The summed E-state index contributed by atoms with van der Waals surface area (Å²) in [6.07, 6.45) is 1.65. The summed E-state index contributed by atoms with van der Waals surface area (Å²) in [5, 5.41) is 3.07. The number of rotatable bonds is 4. The monoisotopic (exact) mass is 306 g/mol. The van der Waals surface area contributed by atoms with Crippen molar-refractivity contribution in [1.29, 1.82) is 0 Å². The van der Waals surface area contributed by atoms with Crippen LogP contribution in [0.4, 0.5) is 5.69 Å². The summed E-state index contributed by atoms with van der Waals surface area (Å²) >= 11 is 5.95. The average molecular weight is 307 g/mol. The Morgan fingerprint density at radius 3 is 2.76 bits per heavy atom. The number of nitrogens with one attached hydrogen (secondary N) is 1. The molecule has 0 aliphatic rings. The topological polar surface area (TPSA) is 60.3 Å². The molecule has 5 nitrogen and oxygen atoms in total. The molecule has 0 aliphatic carbocycles. The van der Waals surface area contributed by atoms with E-state index >= 15 is 0 Å². The van der Waals surface area contributed by atoms with E-state index in [0.717, 1.165) is 0 Å². The highest BCUT2D eigenvalue weighted by molar-refractivity contribution is 6.33. The van der Waals surface area contributed by atoms with E-state index in [1.807, 2.05) is 0 Å². The van der Waals surface area contributed by atoms with Crippen LogP contribution >= 0.6 is 11.6 Å². The van der Waals surface area contributed by atoms with E-state index in [0.29, 0.717) is 16.4 Å². The zero-order chi connectivity index (χ0) is 15.4. The summed E-state index contributed by atoms with van der Waals surface area (Å²) in [5.74, 6) is -0.206. The molecule has 0 saturated carbocycles. The Labute approximate surface area is 127 Å². The van der Waals surface area contributed by atoms with Crippen LogP contribution in [0, 0.1) is 6.92 Å². The van der Waals surface area contributed by atoms with Crippen molar-refractivity contribution in [3.63, 3.8) is 0 Å². The number of benzene rings is 1. The van der Waals surface area contributed by atoms with Gasteiger partial charge in [0.15, 0.2) is 12.4 Å². The lowest BCUT2D eigenvalue weighted by molar-refractivity contribution is -0.118. The quantitative estimate of drug-likeness (QED) is 0.943. The second-order valence-electron chi connectivity index (χ2n) is 4.52. The molecule has 2 rings (SSSR count). The minimum atomic E-state index is -0.381. The number of hydrogen-bond donors (Lipinski definition) is 1. The van der Waals surface area contributed by atoms with Crippen LogP contribution in [-0.2, 0) is 11.8 Å². The number of aryl methyl sites for hydroxylation is 1. The van der Waals surface area contributed by atoms with Crippen LogP contribution in [0.2, 0.25) is 5.02 Å². The highest BCUT2D eigenvalue weighted by Gasteiger charge is 2.10. The van der Waals surface area contributed by atoms with E-state index < -0.39 is 0 Å². The van der Waals surface area contributed by atoms with Gasteiger partial charge in [-0.2, -0.15) is 0 Å². The molecule has 0 radical (unpaired) electrons. The van der Waals surface area contributed by atoms with Crippen molar-refractivity contribution in [2.24, 2.45) is 7.05 Å².